The highest BCUT2D eigenvalue weighted by atomic mass is 16.2. The van der Waals surface area contributed by atoms with E-state index in [1.165, 1.54) is 0 Å². The third kappa shape index (κ3) is 3.94. The molecule has 5 nitrogen and oxygen atoms in total. The summed E-state index contributed by atoms with van der Waals surface area (Å²) in [6.45, 7) is 4.55. The van der Waals surface area contributed by atoms with Crippen LogP contribution in [0.25, 0.3) is 0 Å². The molecule has 0 atom stereocenters. The zero-order valence-electron chi connectivity index (χ0n) is 10.5. The van der Waals surface area contributed by atoms with E-state index in [0.717, 1.165) is 0 Å². The third-order valence-corrected chi connectivity index (χ3v) is 2.41. The highest BCUT2D eigenvalue weighted by Crippen LogP contribution is 1.98. The molecule has 0 fully saturated rings. The maximum absolute atomic E-state index is 11.7. The number of amides is 2. The van der Waals surface area contributed by atoms with Gasteiger partial charge in [-0.05, 0) is 12.1 Å². The van der Waals surface area contributed by atoms with E-state index < -0.39 is 0 Å². The molecule has 1 rings (SSSR count). The standard InChI is InChI=1S/C12H19N3O2/c1-9(2)11(16)13-6-7-14-12(17)10-5-4-8-15(10)3/h4-5,8-9H,6-7H2,1-3H3,(H,13,16)(H,14,17). The van der Waals surface area contributed by atoms with Crippen LogP contribution in [0.1, 0.15) is 24.3 Å². The largest absolute Gasteiger partial charge is 0.354 e. The average Bonchev–Trinajstić information content (AvgIpc) is 2.70. The van der Waals surface area contributed by atoms with Crippen molar-refractivity contribution in [2.75, 3.05) is 13.1 Å². The Morgan fingerprint density at radius 1 is 1.29 bits per heavy atom. The van der Waals surface area contributed by atoms with Gasteiger partial charge >= 0.3 is 0 Å². The summed E-state index contributed by atoms with van der Waals surface area (Å²) >= 11 is 0. The Hall–Kier alpha value is -1.78. The van der Waals surface area contributed by atoms with Gasteiger partial charge in [0.05, 0.1) is 0 Å². The zero-order valence-corrected chi connectivity index (χ0v) is 10.5. The van der Waals surface area contributed by atoms with Gasteiger partial charge in [0.15, 0.2) is 0 Å². The molecular formula is C12H19N3O2. The van der Waals surface area contributed by atoms with E-state index in [2.05, 4.69) is 10.6 Å². The van der Waals surface area contributed by atoms with Crippen LogP contribution in [0, 0.1) is 5.92 Å². The lowest BCUT2D eigenvalue weighted by Gasteiger charge is -2.09. The first-order valence-electron chi connectivity index (χ1n) is 5.69. The van der Waals surface area contributed by atoms with E-state index in [4.69, 9.17) is 0 Å². The Balaban J connectivity index is 2.26. The summed E-state index contributed by atoms with van der Waals surface area (Å²) < 4.78 is 1.75. The monoisotopic (exact) mass is 237 g/mol. The molecule has 2 N–H and O–H groups in total. The lowest BCUT2D eigenvalue weighted by molar-refractivity contribution is -0.123. The molecule has 0 radical (unpaired) electrons. The molecule has 0 saturated heterocycles. The van der Waals surface area contributed by atoms with Gasteiger partial charge in [-0.2, -0.15) is 0 Å². The molecule has 0 aliphatic heterocycles. The van der Waals surface area contributed by atoms with Crippen LogP contribution in [-0.4, -0.2) is 29.5 Å². The van der Waals surface area contributed by atoms with E-state index in [1.54, 1.807) is 10.6 Å². The predicted octanol–water partition coefficient (Wildman–Crippen LogP) is 0.527. The van der Waals surface area contributed by atoms with Crippen molar-refractivity contribution in [3.63, 3.8) is 0 Å². The number of aryl methyl sites for hydroxylation is 1. The average molecular weight is 237 g/mol. The number of hydrogen-bond donors (Lipinski definition) is 2. The van der Waals surface area contributed by atoms with Gasteiger partial charge in [0, 0.05) is 32.3 Å². The Kier molecular flexibility index (Phi) is 4.75. The number of carbonyl (C=O) groups excluding carboxylic acids is 2. The van der Waals surface area contributed by atoms with Crippen molar-refractivity contribution in [2.45, 2.75) is 13.8 Å². The van der Waals surface area contributed by atoms with Gasteiger partial charge in [-0.15, -0.1) is 0 Å². The molecule has 0 bridgehead atoms. The first-order valence-corrected chi connectivity index (χ1v) is 5.69. The highest BCUT2D eigenvalue weighted by Gasteiger charge is 2.08. The molecule has 0 saturated carbocycles. The second-order valence-corrected chi connectivity index (χ2v) is 4.21. The van der Waals surface area contributed by atoms with Gasteiger partial charge in [-0.1, -0.05) is 13.8 Å². The molecule has 2 amide bonds. The van der Waals surface area contributed by atoms with Crippen LogP contribution in [0.3, 0.4) is 0 Å². The van der Waals surface area contributed by atoms with Gasteiger partial charge in [-0.25, -0.2) is 0 Å². The normalized spacial score (nSPS) is 10.4. The quantitative estimate of drug-likeness (QED) is 0.734. The van der Waals surface area contributed by atoms with Gasteiger partial charge in [0.2, 0.25) is 5.91 Å². The van der Waals surface area contributed by atoms with Crippen molar-refractivity contribution < 1.29 is 9.59 Å². The molecule has 1 heterocycles. The minimum absolute atomic E-state index is 0.00174. The molecule has 0 aromatic carbocycles. The minimum atomic E-state index is -0.128. The molecule has 0 aliphatic carbocycles. The van der Waals surface area contributed by atoms with Crippen molar-refractivity contribution in [3.8, 4) is 0 Å². The number of rotatable bonds is 5. The predicted molar refractivity (Wildman–Crippen MR) is 65.6 cm³/mol. The first-order chi connectivity index (χ1) is 8.02. The van der Waals surface area contributed by atoms with Crippen LogP contribution >= 0.6 is 0 Å². The van der Waals surface area contributed by atoms with Crippen molar-refractivity contribution in [1.29, 1.82) is 0 Å². The zero-order chi connectivity index (χ0) is 12.8. The summed E-state index contributed by atoms with van der Waals surface area (Å²) in [4.78, 5) is 22.9. The lowest BCUT2D eigenvalue weighted by Crippen LogP contribution is -2.36. The van der Waals surface area contributed by atoms with Gasteiger partial charge in [0.25, 0.3) is 5.91 Å². The van der Waals surface area contributed by atoms with Crippen molar-refractivity contribution in [2.24, 2.45) is 13.0 Å². The molecule has 94 valence electrons. The second-order valence-electron chi connectivity index (χ2n) is 4.21. The Bertz CT molecular complexity index is 396. The van der Waals surface area contributed by atoms with E-state index in [0.29, 0.717) is 18.8 Å². The maximum Gasteiger partial charge on any atom is 0.267 e. The molecule has 0 unspecified atom stereocenters. The number of carbonyl (C=O) groups is 2. The first kappa shape index (κ1) is 13.3. The number of hydrogen-bond acceptors (Lipinski definition) is 2. The summed E-state index contributed by atoms with van der Waals surface area (Å²) in [5.41, 5.74) is 0.611. The maximum atomic E-state index is 11.7. The van der Waals surface area contributed by atoms with Crippen molar-refractivity contribution >= 4 is 11.8 Å². The molecular weight excluding hydrogens is 218 g/mol. The fraction of sp³-hybridized carbons (Fsp3) is 0.500. The van der Waals surface area contributed by atoms with E-state index >= 15 is 0 Å². The van der Waals surface area contributed by atoms with Crippen LogP contribution in [-0.2, 0) is 11.8 Å². The molecule has 0 aliphatic rings. The lowest BCUT2D eigenvalue weighted by atomic mass is 10.2. The summed E-state index contributed by atoms with van der Waals surface area (Å²) in [6, 6.07) is 3.57. The summed E-state index contributed by atoms with van der Waals surface area (Å²) in [7, 11) is 1.81. The van der Waals surface area contributed by atoms with Gasteiger partial charge in [-0.3, -0.25) is 9.59 Å². The Labute approximate surface area is 101 Å². The van der Waals surface area contributed by atoms with E-state index in [-0.39, 0.29) is 17.7 Å². The summed E-state index contributed by atoms with van der Waals surface area (Å²) in [6.07, 6.45) is 1.81. The van der Waals surface area contributed by atoms with Gasteiger partial charge < -0.3 is 15.2 Å². The second kappa shape index (κ2) is 6.08. The minimum Gasteiger partial charge on any atom is -0.354 e. The van der Waals surface area contributed by atoms with Crippen LogP contribution in [0.15, 0.2) is 18.3 Å². The molecule has 0 spiro atoms. The SMILES string of the molecule is CC(C)C(=O)NCCNC(=O)c1cccn1C. The van der Waals surface area contributed by atoms with Crippen molar-refractivity contribution in [3.05, 3.63) is 24.0 Å². The van der Waals surface area contributed by atoms with Crippen molar-refractivity contribution in [1.82, 2.24) is 15.2 Å². The molecule has 1 aromatic heterocycles. The number of nitrogens with one attached hydrogen (secondary N) is 2. The topological polar surface area (TPSA) is 63.1 Å². The fourth-order valence-electron chi connectivity index (χ4n) is 1.35. The Morgan fingerprint density at radius 3 is 2.47 bits per heavy atom. The smallest absolute Gasteiger partial charge is 0.267 e. The highest BCUT2D eigenvalue weighted by molar-refractivity contribution is 5.92. The van der Waals surface area contributed by atoms with Crippen LogP contribution in [0.2, 0.25) is 0 Å². The van der Waals surface area contributed by atoms with E-state index in [1.807, 2.05) is 33.2 Å². The number of nitrogens with zero attached hydrogens (tertiary/aromatic N) is 1. The molecule has 17 heavy (non-hydrogen) atoms. The summed E-state index contributed by atoms with van der Waals surface area (Å²) in [5.74, 6) is -0.159. The fourth-order valence-corrected chi connectivity index (χ4v) is 1.35. The third-order valence-electron chi connectivity index (χ3n) is 2.41. The van der Waals surface area contributed by atoms with E-state index in [9.17, 15) is 9.59 Å². The van der Waals surface area contributed by atoms with Crippen LogP contribution in [0.5, 0.6) is 0 Å². The number of aromatic nitrogens is 1. The molecule has 5 heteroatoms. The van der Waals surface area contributed by atoms with Gasteiger partial charge in [0.1, 0.15) is 5.69 Å². The molecule has 1 aromatic rings. The Morgan fingerprint density at radius 2 is 1.94 bits per heavy atom. The summed E-state index contributed by atoms with van der Waals surface area (Å²) in [5, 5.41) is 5.48. The van der Waals surface area contributed by atoms with Crippen LogP contribution in [0.4, 0.5) is 0 Å². The van der Waals surface area contributed by atoms with Crippen LogP contribution < -0.4 is 10.6 Å².